The fourth-order valence-electron chi connectivity index (χ4n) is 2.47. The summed E-state index contributed by atoms with van der Waals surface area (Å²) in [5.41, 5.74) is 2.25. The van der Waals surface area contributed by atoms with Gasteiger partial charge in [0.05, 0.1) is 19.8 Å². The van der Waals surface area contributed by atoms with E-state index < -0.39 is 0 Å². The average molecular weight is 355 g/mol. The predicted octanol–water partition coefficient (Wildman–Crippen LogP) is 3.74. The van der Waals surface area contributed by atoms with E-state index in [0.717, 1.165) is 35.1 Å². The van der Waals surface area contributed by atoms with Crippen LogP contribution in [0.15, 0.2) is 53.5 Å². The van der Waals surface area contributed by atoms with Gasteiger partial charge in [-0.15, -0.1) is 0 Å². The molecule has 0 unspecified atom stereocenters. The van der Waals surface area contributed by atoms with Crippen molar-refractivity contribution < 1.29 is 9.47 Å². The normalized spacial score (nSPS) is 11.3. The monoisotopic (exact) mass is 355 g/mol. The summed E-state index contributed by atoms with van der Waals surface area (Å²) in [5.74, 6) is 2.51. The molecule has 26 heavy (non-hydrogen) atoms. The molecule has 0 aliphatic carbocycles. The van der Waals surface area contributed by atoms with Gasteiger partial charge in [0.1, 0.15) is 11.5 Å². The molecular formula is C21H29N3O2. The van der Waals surface area contributed by atoms with Gasteiger partial charge in [-0.2, -0.15) is 0 Å². The lowest BCUT2D eigenvalue weighted by Gasteiger charge is -2.13. The van der Waals surface area contributed by atoms with Crippen molar-refractivity contribution in [2.45, 2.75) is 40.0 Å². The Bertz CT molecular complexity index is 714. The van der Waals surface area contributed by atoms with Crippen molar-refractivity contribution in [2.24, 2.45) is 4.99 Å². The molecule has 0 heterocycles. The number of aliphatic imine (C=N–C) groups is 1. The van der Waals surface area contributed by atoms with Crippen LogP contribution in [-0.4, -0.2) is 25.7 Å². The summed E-state index contributed by atoms with van der Waals surface area (Å²) in [5, 5.41) is 6.63. The molecule has 0 saturated heterocycles. The maximum Gasteiger partial charge on any atom is 0.191 e. The lowest BCUT2D eigenvalue weighted by atomic mass is 10.2. The predicted molar refractivity (Wildman–Crippen MR) is 107 cm³/mol. The van der Waals surface area contributed by atoms with Crippen molar-refractivity contribution in [3.63, 3.8) is 0 Å². The molecule has 2 aromatic rings. The van der Waals surface area contributed by atoms with E-state index in [4.69, 9.17) is 9.47 Å². The Kier molecular flexibility index (Phi) is 7.80. The van der Waals surface area contributed by atoms with Gasteiger partial charge >= 0.3 is 0 Å². The Labute approximate surface area is 156 Å². The summed E-state index contributed by atoms with van der Waals surface area (Å²) in [6.45, 7) is 8.18. The first kappa shape index (κ1) is 19.6. The minimum absolute atomic E-state index is 0.163. The standard InChI is InChI=1S/C21H29N3O2/c1-5-22-21(23-14-17-8-6-10-19(12-17)25-4)24-15-18-9-7-11-20(13-18)26-16(2)3/h6-13,16H,5,14-15H2,1-4H3,(H2,22,23,24). The first-order chi connectivity index (χ1) is 12.6. The lowest BCUT2D eigenvalue weighted by molar-refractivity contribution is 0.242. The SMILES string of the molecule is CCNC(=NCc1cccc(OC(C)C)c1)NCc1cccc(OC)c1. The van der Waals surface area contributed by atoms with Crippen molar-refractivity contribution in [3.05, 3.63) is 59.7 Å². The fourth-order valence-corrected chi connectivity index (χ4v) is 2.47. The van der Waals surface area contributed by atoms with Crippen molar-refractivity contribution in [2.75, 3.05) is 13.7 Å². The van der Waals surface area contributed by atoms with E-state index in [1.165, 1.54) is 0 Å². The summed E-state index contributed by atoms with van der Waals surface area (Å²) < 4.78 is 11.0. The molecule has 140 valence electrons. The number of nitrogens with zero attached hydrogens (tertiary/aromatic N) is 1. The van der Waals surface area contributed by atoms with E-state index in [2.05, 4.69) is 34.7 Å². The third-order valence-electron chi connectivity index (χ3n) is 3.63. The molecule has 0 spiro atoms. The van der Waals surface area contributed by atoms with Crippen LogP contribution in [-0.2, 0) is 13.1 Å². The second-order valence-electron chi connectivity index (χ2n) is 6.21. The number of hydrogen-bond donors (Lipinski definition) is 2. The van der Waals surface area contributed by atoms with Crippen LogP contribution in [0, 0.1) is 0 Å². The fraction of sp³-hybridized carbons (Fsp3) is 0.381. The zero-order valence-electron chi connectivity index (χ0n) is 16.1. The highest BCUT2D eigenvalue weighted by Crippen LogP contribution is 2.15. The molecule has 0 bridgehead atoms. The molecule has 2 N–H and O–H groups in total. The van der Waals surface area contributed by atoms with Gasteiger partial charge in [0.2, 0.25) is 0 Å². The van der Waals surface area contributed by atoms with Gasteiger partial charge in [-0.25, -0.2) is 4.99 Å². The van der Waals surface area contributed by atoms with Crippen LogP contribution in [0.3, 0.4) is 0 Å². The first-order valence-corrected chi connectivity index (χ1v) is 9.01. The van der Waals surface area contributed by atoms with Crippen LogP contribution in [0.5, 0.6) is 11.5 Å². The average Bonchev–Trinajstić information content (AvgIpc) is 2.64. The van der Waals surface area contributed by atoms with E-state index in [0.29, 0.717) is 13.1 Å². The van der Waals surface area contributed by atoms with Crippen molar-refractivity contribution >= 4 is 5.96 Å². The van der Waals surface area contributed by atoms with Crippen LogP contribution in [0.1, 0.15) is 31.9 Å². The van der Waals surface area contributed by atoms with E-state index in [9.17, 15) is 0 Å². The summed E-state index contributed by atoms with van der Waals surface area (Å²) >= 11 is 0. The molecule has 0 fully saturated rings. The van der Waals surface area contributed by atoms with Gasteiger partial charge in [-0.05, 0) is 56.2 Å². The number of hydrogen-bond acceptors (Lipinski definition) is 3. The molecule has 5 nitrogen and oxygen atoms in total. The molecule has 5 heteroatoms. The minimum Gasteiger partial charge on any atom is -0.497 e. The van der Waals surface area contributed by atoms with Crippen LogP contribution < -0.4 is 20.1 Å². The van der Waals surface area contributed by atoms with Crippen LogP contribution in [0.2, 0.25) is 0 Å². The van der Waals surface area contributed by atoms with Gasteiger partial charge in [-0.3, -0.25) is 0 Å². The molecule has 2 rings (SSSR count). The van der Waals surface area contributed by atoms with E-state index in [-0.39, 0.29) is 6.10 Å². The largest absolute Gasteiger partial charge is 0.497 e. The molecule has 2 aromatic carbocycles. The third-order valence-corrected chi connectivity index (χ3v) is 3.63. The Morgan fingerprint density at radius 2 is 1.69 bits per heavy atom. The molecule has 0 aliphatic rings. The Balaban J connectivity index is 1.99. The third kappa shape index (κ3) is 6.67. The molecule has 0 atom stereocenters. The number of ether oxygens (including phenoxy) is 2. The summed E-state index contributed by atoms with van der Waals surface area (Å²) in [7, 11) is 1.68. The Morgan fingerprint density at radius 1 is 1.00 bits per heavy atom. The second-order valence-corrected chi connectivity index (χ2v) is 6.21. The zero-order valence-corrected chi connectivity index (χ0v) is 16.1. The molecule has 0 amide bonds. The van der Waals surface area contributed by atoms with E-state index in [1.54, 1.807) is 7.11 Å². The molecule has 0 aromatic heterocycles. The number of rotatable bonds is 8. The minimum atomic E-state index is 0.163. The van der Waals surface area contributed by atoms with Crippen LogP contribution in [0.4, 0.5) is 0 Å². The highest BCUT2D eigenvalue weighted by Gasteiger charge is 2.02. The Hall–Kier alpha value is -2.69. The van der Waals surface area contributed by atoms with Crippen LogP contribution >= 0.6 is 0 Å². The van der Waals surface area contributed by atoms with Gasteiger partial charge in [0, 0.05) is 13.1 Å². The van der Waals surface area contributed by atoms with Crippen molar-refractivity contribution in [1.29, 1.82) is 0 Å². The van der Waals surface area contributed by atoms with Crippen molar-refractivity contribution in [1.82, 2.24) is 10.6 Å². The zero-order chi connectivity index (χ0) is 18.8. The van der Waals surface area contributed by atoms with Gasteiger partial charge in [-0.1, -0.05) is 24.3 Å². The summed E-state index contributed by atoms with van der Waals surface area (Å²) in [6, 6.07) is 16.1. The molecular weight excluding hydrogens is 326 g/mol. The molecule has 0 radical (unpaired) electrons. The highest BCUT2D eigenvalue weighted by atomic mass is 16.5. The maximum absolute atomic E-state index is 5.74. The number of nitrogens with one attached hydrogen (secondary N) is 2. The number of benzene rings is 2. The van der Waals surface area contributed by atoms with Crippen LogP contribution in [0.25, 0.3) is 0 Å². The first-order valence-electron chi connectivity index (χ1n) is 9.01. The smallest absolute Gasteiger partial charge is 0.191 e. The summed E-state index contributed by atoms with van der Waals surface area (Å²) in [4.78, 5) is 4.67. The second kappa shape index (κ2) is 10.3. The quantitative estimate of drug-likeness (QED) is 0.559. The van der Waals surface area contributed by atoms with Gasteiger partial charge in [0.15, 0.2) is 5.96 Å². The summed E-state index contributed by atoms with van der Waals surface area (Å²) in [6.07, 6.45) is 0.163. The van der Waals surface area contributed by atoms with Crippen molar-refractivity contribution in [3.8, 4) is 11.5 Å². The number of methoxy groups -OCH3 is 1. The topological polar surface area (TPSA) is 54.9 Å². The van der Waals surface area contributed by atoms with E-state index >= 15 is 0 Å². The highest BCUT2D eigenvalue weighted by molar-refractivity contribution is 5.79. The molecule has 0 saturated carbocycles. The lowest BCUT2D eigenvalue weighted by Crippen LogP contribution is -2.36. The Morgan fingerprint density at radius 3 is 2.38 bits per heavy atom. The van der Waals surface area contributed by atoms with Gasteiger partial charge in [0.25, 0.3) is 0 Å². The maximum atomic E-state index is 5.74. The van der Waals surface area contributed by atoms with E-state index in [1.807, 2.05) is 50.2 Å². The molecule has 0 aliphatic heterocycles. The van der Waals surface area contributed by atoms with Gasteiger partial charge < -0.3 is 20.1 Å². The number of guanidine groups is 1.